The molecule has 3 aliphatic rings. The second-order valence-corrected chi connectivity index (χ2v) is 7.69. The van der Waals surface area contributed by atoms with Crippen LogP contribution in [0.3, 0.4) is 0 Å². The summed E-state index contributed by atoms with van der Waals surface area (Å²) in [5.74, 6) is 1.95. The molecule has 0 aromatic heterocycles. The van der Waals surface area contributed by atoms with E-state index in [0.29, 0.717) is 12.5 Å². The predicted octanol–water partition coefficient (Wildman–Crippen LogP) is 2.15. The molecule has 126 valence electrons. The second-order valence-electron chi connectivity index (χ2n) is 7.69. The lowest BCUT2D eigenvalue weighted by Gasteiger charge is -2.33. The van der Waals surface area contributed by atoms with Gasteiger partial charge in [0.1, 0.15) is 0 Å². The van der Waals surface area contributed by atoms with Gasteiger partial charge in [0.2, 0.25) is 5.91 Å². The van der Waals surface area contributed by atoms with E-state index in [4.69, 9.17) is 0 Å². The van der Waals surface area contributed by atoms with Crippen LogP contribution in [0.2, 0.25) is 0 Å². The van der Waals surface area contributed by atoms with Crippen molar-refractivity contribution in [1.29, 1.82) is 0 Å². The van der Waals surface area contributed by atoms with Crippen molar-refractivity contribution in [2.24, 2.45) is 11.8 Å². The molecule has 1 unspecified atom stereocenters. The number of nitrogens with one attached hydrogen (secondary N) is 2. The zero-order valence-corrected chi connectivity index (χ0v) is 14.0. The monoisotopic (exact) mass is 307 g/mol. The number of likely N-dealkylation sites (tertiary alicyclic amines) is 1. The molecule has 2 N–H and O–H groups in total. The Labute approximate surface area is 135 Å². The third kappa shape index (κ3) is 4.95. The Bertz CT molecular complexity index is 340. The lowest BCUT2D eigenvalue weighted by atomic mass is 10.0. The standard InChI is InChI=1S/C18H33N3O/c22-18(6-5-15-7-10-19-13-15)20-17-8-11-21(12-9-17)14-16-3-1-2-4-16/h15-17,19H,1-14H2,(H,20,22). The molecule has 0 aromatic carbocycles. The first kappa shape index (κ1) is 16.3. The number of nitrogens with zero attached hydrogens (tertiary/aromatic N) is 1. The summed E-state index contributed by atoms with van der Waals surface area (Å²) in [6, 6.07) is 0.425. The molecule has 2 heterocycles. The molecule has 22 heavy (non-hydrogen) atoms. The molecule has 0 aromatic rings. The van der Waals surface area contributed by atoms with Gasteiger partial charge in [-0.3, -0.25) is 4.79 Å². The zero-order valence-electron chi connectivity index (χ0n) is 14.0. The van der Waals surface area contributed by atoms with Crippen LogP contribution in [0, 0.1) is 11.8 Å². The van der Waals surface area contributed by atoms with Crippen LogP contribution in [0.15, 0.2) is 0 Å². The van der Waals surface area contributed by atoms with E-state index in [0.717, 1.165) is 44.2 Å². The number of hydrogen-bond donors (Lipinski definition) is 2. The fraction of sp³-hybridized carbons (Fsp3) is 0.944. The van der Waals surface area contributed by atoms with Gasteiger partial charge in [-0.15, -0.1) is 0 Å². The van der Waals surface area contributed by atoms with Crippen molar-refractivity contribution in [3.05, 3.63) is 0 Å². The van der Waals surface area contributed by atoms with E-state index in [-0.39, 0.29) is 5.91 Å². The fourth-order valence-electron chi connectivity index (χ4n) is 4.41. The Hall–Kier alpha value is -0.610. The molecular weight excluding hydrogens is 274 g/mol. The molecule has 1 saturated carbocycles. The Morgan fingerprint density at radius 1 is 1.05 bits per heavy atom. The number of carbonyl (C=O) groups excluding carboxylic acids is 1. The van der Waals surface area contributed by atoms with Crippen LogP contribution in [0.25, 0.3) is 0 Å². The molecule has 3 fully saturated rings. The average molecular weight is 307 g/mol. The Morgan fingerprint density at radius 3 is 2.50 bits per heavy atom. The number of carbonyl (C=O) groups is 1. The average Bonchev–Trinajstić information content (AvgIpc) is 3.20. The highest BCUT2D eigenvalue weighted by atomic mass is 16.1. The van der Waals surface area contributed by atoms with Crippen LogP contribution in [0.5, 0.6) is 0 Å². The summed E-state index contributed by atoms with van der Waals surface area (Å²) in [6.07, 6.45) is 11.1. The van der Waals surface area contributed by atoms with Gasteiger partial charge in [0.25, 0.3) is 0 Å². The first-order valence-electron chi connectivity index (χ1n) is 9.52. The largest absolute Gasteiger partial charge is 0.353 e. The Balaban J connectivity index is 1.28. The molecule has 2 saturated heterocycles. The summed E-state index contributed by atoms with van der Waals surface area (Å²) in [5, 5.41) is 6.65. The molecule has 0 radical (unpaired) electrons. The summed E-state index contributed by atoms with van der Waals surface area (Å²) < 4.78 is 0. The van der Waals surface area contributed by atoms with E-state index in [9.17, 15) is 4.79 Å². The molecule has 4 heteroatoms. The Morgan fingerprint density at radius 2 is 1.82 bits per heavy atom. The highest BCUT2D eigenvalue weighted by Crippen LogP contribution is 2.26. The molecule has 3 rings (SSSR count). The van der Waals surface area contributed by atoms with Crippen molar-refractivity contribution in [2.45, 2.75) is 63.8 Å². The fourth-order valence-corrected chi connectivity index (χ4v) is 4.41. The van der Waals surface area contributed by atoms with Gasteiger partial charge in [0, 0.05) is 32.1 Å². The first-order chi connectivity index (χ1) is 10.8. The summed E-state index contributed by atoms with van der Waals surface area (Å²) >= 11 is 0. The maximum atomic E-state index is 12.1. The summed E-state index contributed by atoms with van der Waals surface area (Å²) in [5.41, 5.74) is 0. The van der Waals surface area contributed by atoms with Gasteiger partial charge in [0.15, 0.2) is 0 Å². The highest BCUT2D eigenvalue weighted by Gasteiger charge is 2.24. The lowest BCUT2D eigenvalue weighted by Crippen LogP contribution is -2.45. The second kappa shape index (κ2) is 8.30. The van der Waals surface area contributed by atoms with Crippen molar-refractivity contribution in [3.63, 3.8) is 0 Å². The van der Waals surface area contributed by atoms with Crippen molar-refractivity contribution in [1.82, 2.24) is 15.5 Å². The van der Waals surface area contributed by atoms with Crippen LogP contribution < -0.4 is 10.6 Å². The quantitative estimate of drug-likeness (QED) is 0.790. The van der Waals surface area contributed by atoms with Gasteiger partial charge in [0.05, 0.1) is 0 Å². The zero-order chi connectivity index (χ0) is 15.2. The van der Waals surface area contributed by atoms with E-state index < -0.39 is 0 Å². The van der Waals surface area contributed by atoms with Crippen molar-refractivity contribution >= 4 is 5.91 Å². The van der Waals surface area contributed by atoms with Gasteiger partial charge in [-0.1, -0.05) is 12.8 Å². The van der Waals surface area contributed by atoms with Gasteiger partial charge in [-0.2, -0.15) is 0 Å². The Kier molecular flexibility index (Phi) is 6.13. The van der Waals surface area contributed by atoms with Crippen LogP contribution in [-0.4, -0.2) is 49.6 Å². The van der Waals surface area contributed by atoms with E-state index in [2.05, 4.69) is 15.5 Å². The maximum absolute atomic E-state index is 12.1. The summed E-state index contributed by atoms with van der Waals surface area (Å²) in [4.78, 5) is 14.7. The third-order valence-corrected chi connectivity index (χ3v) is 5.89. The van der Waals surface area contributed by atoms with E-state index in [1.165, 1.54) is 51.7 Å². The van der Waals surface area contributed by atoms with Gasteiger partial charge in [-0.25, -0.2) is 0 Å². The van der Waals surface area contributed by atoms with Gasteiger partial charge in [-0.05, 0) is 63.5 Å². The third-order valence-electron chi connectivity index (χ3n) is 5.89. The van der Waals surface area contributed by atoms with Crippen molar-refractivity contribution < 1.29 is 4.79 Å². The van der Waals surface area contributed by atoms with Crippen LogP contribution >= 0.6 is 0 Å². The number of rotatable bonds is 6. The van der Waals surface area contributed by atoms with E-state index >= 15 is 0 Å². The molecule has 0 spiro atoms. The van der Waals surface area contributed by atoms with Crippen LogP contribution in [0.4, 0.5) is 0 Å². The molecule has 2 aliphatic heterocycles. The summed E-state index contributed by atoms with van der Waals surface area (Å²) in [6.45, 7) is 5.88. The number of amides is 1. The predicted molar refractivity (Wildman–Crippen MR) is 89.8 cm³/mol. The summed E-state index contributed by atoms with van der Waals surface area (Å²) in [7, 11) is 0. The van der Waals surface area contributed by atoms with E-state index in [1.807, 2.05) is 0 Å². The molecule has 1 amide bonds. The van der Waals surface area contributed by atoms with Crippen molar-refractivity contribution in [3.8, 4) is 0 Å². The smallest absolute Gasteiger partial charge is 0.220 e. The molecule has 4 nitrogen and oxygen atoms in total. The molecule has 1 aliphatic carbocycles. The first-order valence-corrected chi connectivity index (χ1v) is 9.52. The van der Waals surface area contributed by atoms with Crippen molar-refractivity contribution in [2.75, 3.05) is 32.7 Å². The van der Waals surface area contributed by atoms with Gasteiger partial charge < -0.3 is 15.5 Å². The SMILES string of the molecule is O=C(CCC1CCNC1)NC1CCN(CC2CCCC2)CC1. The van der Waals surface area contributed by atoms with Crippen LogP contribution in [-0.2, 0) is 4.79 Å². The minimum Gasteiger partial charge on any atom is -0.353 e. The molecule has 1 atom stereocenters. The van der Waals surface area contributed by atoms with E-state index in [1.54, 1.807) is 0 Å². The topological polar surface area (TPSA) is 44.4 Å². The molecular formula is C18H33N3O. The maximum Gasteiger partial charge on any atom is 0.220 e. The molecule has 0 bridgehead atoms. The highest BCUT2D eigenvalue weighted by molar-refractivity contribution is 5.76. The number of hydrogen-bond acceptors (Lipinski definition) is 3. The van der Waals surface area contributed by atoms with Gasteiger partial charge >= 0.3 is 0 Å². The minimum atomic E-state index is 0.279. The minimum absolute atomic E-state index is 0.279. The van der Waals surface area contributed by atoms with Crippen LogP contribution in [0.1, 0.15) is 57.8 Å². The normalized spacial score (nSPS) is 28.3. The lowest BCUT2D eigenvalue weighted by molar-refractivity contribution is -0.122. The number of piperidine rings is 1.